The van der Waals surface area contributed by atoms with Crippen molar-refractivity contribution in [1.29, 1.82) is 0 Å². The van der Waals surface area contributed by atoms with Gasteiger partial charge in [-0.3, -0.25) is 0 Å². The molecule has 0 aromatic heterocycles. The van der Waals surface area contributed by atoms with E-state index in [0.29, 0.717) is 12.0 Å². The predicted molar refractivity (Wildman–Crippen MR) is 42.2 cm³/mol. The first kappa shape index (κ1) is 6.44. The van der Waals surface area contributed by atoms with E-state index in [9.17, 15) is 5.11 Å². The first-order valence-electron chi connectivity index (χ1n) is 4.77. The molecule has 2 aliphatic heterocycles. The lowest BCUT2D eigenvalue weighted by molar-refractivity contribution is -0.0592. The highest BCUT2D eigenvalue weighted by Gasteiger charge is 2.47. The van der Waals surface area contributed by atoms with Crippen molar-refractivity contribution in [3.05, 3.63) is 0 Å². The maximum Gasteiger partial charge on any atom is 0.0722 e. The number of aliphatic hydroxyl groups excluding tert-OH is 1. The Balaban J connectivity index is 1.91. The zero-order valence-corrected chi connectivity index (χ0v) is 6.66. The lowest BCUT2D eigenvalue weighted by Crippen LogP contribution is -2.62. The fraction of sp³-hybridized carbons (Fsp3) is 1.00. The van der Waals surface area contributed by atoms with Crippen molar-refractivity contribution in [3.63, 3.8) is 0 Å². The minimum Gasteiger partial charge on any atom is -0.391 e. The fourth-order valence-corrected chi connectivity index (χ4v) is 3.39. The third kappa shape index (κ3) is 0.798. The standard InChI is InChI=1S/C9H15NO/c11-9-6-1-5-2-7(4-6)10-8(9)3-5/h5-11H,1-4H2/t5-,6+,7?,8+,9+/m0/s1. The third-order valence-electron chi connectivity index (χ3n) is 3.77. The fourth-order valence-electron chi connectivity index (χ4n) is 3.39. The summed E-state index contributed by atoms with van der Waals surface area (Å²) in [7, 11) is 0. The summed E-state index contributed by atoms with van der Waals surface area (Å²) in [4.78, 5) is 0. The van der Waals surface area contributed by atoms with E-state index in [-0.39, 0.29) is 6.10 Å². The molecule has 5 atom stereocenters. The van der Waals surface area contributed by atoms with Gasteiger partial charge in [0.2, 0.25) is 0 Å². The molecule has 2 aliphatic carbocycles. The van der Waals surface area contributed by atoms with Crippen LogP contribution in [0.15, 0.2) is 0 Å². The van der Waals surface area contributed by atoms with E-state index in [1.807, 2.05) is 0 Å². The lowest BCUT2D eigenvalue weighted by Gasteiger charge is -2.53. The van der Waals surface area contributed by atoms with Crippen LogP contribution in [0.3, 0.4) is 0 Å². The van der Waals surface area contributed by atoms with E-state index in [0.717, 1.165) is 12.0 Å². The minimum atomic E-state index is -0.0252. The Morgan fingerprint density at radius 1 is 1.09 bits per heavy atom. The number of nitrogens with one attached hydrogen (secondary N) is 1. The van der Waals surface area contributed by atoms with E-state index < -0.39 is 0 Å². The van der Waals surface area contributed by atoms with Crippen LogP contribution >= 0.6 is 0 Å². The van der Waals surface area contributed by atoms with Crippen molar-refractivity contribution < 1.29 is 5.11 Å². The van der Waals surface area contributed by atoms with Crippen molar-refractivity contribution in [1.82, 2.24) is 5.32 Å². The molecule has 2 saturated heterocycles. The van der Waals surface area contributed by atoms with E-state index in [1.54, 1.807) is 0 Å². The van der Waals surface area contributed by atoms with Gasteiger partial charge in [0.25, 0.3) is 0 Å². The molecular weight excluding hydrogens is 138 g/mol. The molecule has 0 aromatic rings. The van der Waals surface area contributed by atoms with Gasteiger partial charge in [-0.05, 0) is 37.5 Å². The van der Waals surface area contributed by atoms with Crippen molar-refractivity contribution >= 4 is 0 Å². The van der Waals surface area contributed by atoms with Gasteiger partial charge in [0.15, 0.2) is 0 Å². The number of hydrogen-bond acceptors (Lipinski definition) is 2. The highest BCUT2D eigenvalue weighted by molar-refractivity contribution is 5.03. The van der Waals surface area contributed by atoms with Crippen LogP contribution in [0.2, 0.25) is 0 Å². The van der Waals surface area contributed by atoms with Crippen molar-refractivity contribution in [2.45, 2.75) is 43.9 Å². The van der Waals surface area contributed by atoms with Gasteiger partial charge in [-0.2, -0.15) is 0 Å². The van der Waals surface area contributed by atoms with Gasteiger partial charge in [0.1, 0.15) is 0 Å². The number of piperidine rings is 2. The lowest BCUT2D eigenvalue weighted by atomic mass is 9.63. The van der Waals surface area contributed by atoms with Crippen LogP contribution in [0.4, 0.5) is 0 Å². The summed E-state index contributed by atoms with van der Waals surface area (Å²) in [5, 5.41) is 13.3. The van der Waals surface area contributed by atoms with Crippen LogP contribution in [0.5, 0.6) is 0 Å². The molecule has 11 heavy (non-hydrogen) atoms. The highest BCUT2D eigenvalue weighted by atomic mass is 16.3. The van der Waals surface area contributed by atoms with E-state index >= 15 is 0 Å². The summed E-state index contributed by atoms with van der Waals surface area (Å²) in [5.74, 6) is 1.58. The number of rotatable bonds is 0. The first-order chi connectivity index (χ1) is 5.33. The molecular formula is C9H15NO. The molecule has 4 aliphatic rings. The molecule has 2 heteroatoms. The number of hydrogen-bond donors (Lipinski definition) is 2. The molecule has 2 nitrogen and oxygen atoms in total. The van der Waals surface area contributed by atoms with Crippen LogP contribution in [0.25, 0.3) is 0 Å². The average Bonchev–Trinajstić information content (AvgIpc) is 1.98. The SMILES string of the molecule is O[C@@H]1[C@H]2CC3C[C@H](C2)C[C@H]1N3. The Kier molecular flexibility index (Phi) is 1.16. The van der Waals surface area contributed by atoms with Crippen LogP contribution in [0, 0.1) is 11.8 Å². The Bertz CT molecular complexity index is 152. The minimum absolute atomic E-state index is 0.0252. The quantitative estimate of drug-likeness (QED) is 0.531. The summed E-state index contributed by atoms with van der Waals surface area (Å²) in [6.07, 6.45) is 5.11. The van der Waals surface area contributed by atoms with Gasteiger partial charge < -0.3 is 10.4 Å². The van der Waals surface area contributed by atoms with Crippen LogP contribution < -0.4 is 5.32 Å². The van der Waals surface area contributed by atoms with Gasteiger partial charge in [-0.25, -0.2) is 0 Å². The van der Waals surface area contributed by atoms with Gasteiger partial charge in [0, 0.05) is 12.1 Å². The summed E-state index contributed by atoms with van der Waals surface area (Å²) in [6, 6.07) is 1.20. The van der Waals surface area contributed by atoms with E-state index in [1.165, 1.54) is 25.7 Å². The molecule has 2 saturated carbocycles. The van der Waals surface area contributed by atoms with Gasteiger partial charge in [-0.15, -0.1) is 0 Å². The average molecular weight is 153 g/mol. The zero-order chi connectivity index (χ0) is 7.42. The highest BCUT2D eigenvalue weighted by Crippen LogP contribution is 2.44. The summed E-state index contributed by atoms with van der Waals surface area (Å²) < 4.78 is 0. The molecule has 4 rings (SSSR count). The second kappa shape index (κ2) is 1.99. The molecule has 62 valence electrons. The Labute approximate surface area is 67.0 Å². The van der Waals surface area contributed by atoms with Crippen LogP contribution in [-0.4, -0.2) is 23.3 Å². The predicted octanol–water partition coefficient (Wildman–Crippen LogP) is 0.508. The molecule has 0 amide bonds. The second-order valence-electron chi connectivity index (χ2n) is 4.53. The van der Waals surface area contributed by atoms with Crippen molar-refractivity contribution in [3.8, 4) is 0 Å². The Hall–Kier alpha value is -0.0800. The van der Waals surface area contributed by atoms with Gasteiger partial charge in [0.05, 0.1) is 6.10 Å². The zero-order valence-electron chi connectivity index (χ0n) is 6.66. The third-order valence-corrected chi connectivity index (χ3v) is 3.77. The Morgan fingerprint density at radius 3 is 2.73 bits per heavy atom. The molecule has 4 fully saturated rings. The maximum atomic E-state index is 9.76. The van der Waals surface area contributed by atoms with Crippen molar-refractivity contribution in [2.75, 3.05) is 0 Å². The molecule has 4 bridgehead atoms. The first-order valence-corrected chi connectivity index (χ1v) is 4.77. The maximum absolute atomic E-state index is 9.76. The second-order valence-corrected chi connectivity index (χ2v) is 4.53. The van der Waals surface area contributed by atoms with Gasteiger partial charge in [-0.1, -0.05) is 0 Å². The van der Waals surface area contributed by atoms with Crippen LogP contribution in [0.1, 0.15) is 25.7 Å². The molecule has 0 radical (unpaired) electrons. The summed E-state index contributed by atoms with van der Waals surface area (Å²) in [6.45, 7) is 0. The largest absolute Gasteiger partial charge is 0.391 e. The summed E-state index contributed by atoms with van der Waals surface area (Å²) in [5.41, 5.74) is 0. The van der Waals surface area contributed by atoms with Gasteiger partial charge >= 0.3 is 0 Å². The van der Waals surface area contributed by atoms with E-state index in [4.69, 9.17) is 0 Å². The topological polar surface area (TPSA) is 32.3 Å². The van der Waals surface area contributed by atoms with Crippen LogP contribution in [-0.2, 0) is 0 Å². The Morgan fingerprint density at radius 2 is 2.00 bits per heavy atom. The molecule has 2 heterocycles. The number of aliphatic hydroxyl groups is 1. The van der Waals surface area contributed by atoms with Crippen molar-refractivity contribution in [2.24, 2.45) is 11.8 Å². The summed E-state index contributed by atoms with van der Waals surface area (Å²) >= 11 is 0. The molecule has 1 unspecified atom stereocenters. The smallest absolute Gasteiger partial charge is 0.0722 e. The molecule has 0 spiro atoms. The molecule has 0 aromatic carbocycles. The molecule has 2 N–H and O–H groups in total. The monoisotopic (exact) mass is 153 g/mol. The van der Waals surface area contributed by atoms with E-state index in [2.05, 4.69) is 5.32 Å². The normalized spacial score (nSPS) is 60.3.